The van der Waals surface area contributed by atoms with Crippen LogP contribution < -0.4 is 0 Å². The van der Waals surface area contributed by atoms with Gasteiger partial charge in [0.2, 0.25) is 0 Å². The van der Waals surface area contributed by atoms with Crippen molar-refractivity contribution in [1.29, 1.82) is 0 Å². The van der Waals surface area contributed by atoms with Gasteiger partial charge in [-0.25, -0.2) is 9.59 Å². The summed E-state index contributed by atoms with van der Waals surface area (Å²) >= 11 is 0. The summed E-state index contributed by atoms with van der Waals surface area (Å²) < 4.78 is 9.39. The molecule has 1 aromatic carbocycles. The third-order valence-corrected chi connectivity index (χ3v) is 2.58. The largest absolute Gasteiger partial charge is 0.465 e. The lowest BCUT2D eigenvalue weighted by molar-refractivity contribution is 0.0601. The predicted octanol–water partition coefficient (Wildman–Crippen LogP) is 1.81. The zero-order chi connectivity index (χ0) is 13.1. The fraction of sp³-hybridized carbons (Fsp3) is 0.154. The highest BCUT2D eigenvalue weighted by atomic mass is 16.5. The Bertz CT molecular complexity index is 571. The molecule has 0 atom stereocenters. The van der Waals surface area contributed by atoms with Crippen LogP contribution in [0.4, 0.5) is 0 Å². The van der Waals surface area contributed by atoms with E-state index in [0.717, 1.165) is 0 Å². The third-order valence-electron chi connectivity index (χ3n) is 2.58. The summed E-state index contributed by atoms with van der Waals surface area (Å²) in [6.07, 6.45) is 1.50. The van der Waals surface area contributed by atoms with Crippen LogP contribution >= 0.6 is 0 Å². The molecule has 0 aliphatic heterocycles. The minimum absolute atomic E-state index is 0.295. The van der Waals surface area contributed by atoms with Crippen LogP contribution in [0.25, 0.3) is 10.9 Å². The second-order valence-corrected chi connectivity index (χ2v) is 3.54. The Balaban J connectivity index is 2.80. The van der Waals surface area contributed by atoms with Gasteiger partial charge in [-0.15, -0.1) is 0 Å². The van der Waals surface area contributed by atoms with Crippen LogP contribution in [0.1, 0.15) is 20.7 Å². The number of rotatable bonds is 2. The second-order valence-electron chi connectivity index (χ2n) is 3.54. The molecule has 2 aromatic rings. The van der Waals surface area contributed by atoms with Gasteiger partial charge in [0.05, 0.1) is 30.9 Å². The fourth-order valence-corrected chi connectivity index (χ4v) is 1.77. The highest BCUT2D eigenvalue weighted by Crippen LogP contribution is 2.22. The van der Waals surface area contributed by atoms with E-state index in [1.807, 2.05) is 0 Å². The molecule has 0 aliphatic rings. The van der Waals surface area contributed by atoms with Crippen molar-refractivity contribution in [3.05, 3.63) is 41.6 Å². The van der Waals surface area contributed by atoms with E-state index in [1.165, 1.54) is 26.5 Å². The molecule has 0 saturated heterocycles. The zero-order valence-corrected chi connectivity index (χ0v) is 9.97. The number of methoxy groups -OCH3 is 2. The number of hydrogen-bond acceptors (Lipinski definition) is 5. The maximum atomic E-state index is 11.7. The molecule has 0 saturated carbocycles. The lowest BCUT2D eigenvalue weighted by Gasteiger charge is -2.08. The molecular weight excluding hydrogens is 234 g/mol. The van der Waals surface area contributed by atoms with Crippen molar-refractivity contribution in [3.8, 4) is 0 Å². The van der Waals surface area contributed by atoms with Gasteiger partial charge >= 0.3 is 11.9 Å². The number of hydrogen-bond donors (Lipinski definition) is 0. The van der Waals surface area contributed by atoms with Crippen molar-refractivity contribution in [3.63, 3.8) is 0 Å². The van der Waals surface area contributed by atoms with Gasteiger partial charge < -0.3 is 9.47 Å². The van der Waals surface area contributed by atoms with E-state index in [1.54, 1.807) is 18.2 Å². The van der Waals surface area contributed by atoms with Crippen molar-refractivity contribution in [1.82, 2.24) is 4.98 Å². The molecule has 5 heteroatoms. The van der Waals surface area contributed by atoms with Gasteiger partial charge in [-0.2, -0.15) is 0 Å². The van der Waals surface area contributed by atoms with Crippen LogP contribution in [0.2, 0.25) is 0 Å². The number of nitrogens with zero attached hydrogens (tertiary/aromatic N) is 1. The van der Waals surface area contributed by atoms with Crippen molar-refractivity contribution >= 4 is 22.8 Å². The third kappa shape index (κ3) is 1.90. The smallest absolute Gasteiger partial charge is 0.338 e. The standard InChI is InChI=1S/C13H11NO4/c1-17-12(15)8-4-3-5-10-11(8)9(6-7-14-10)13(16)18-2/h3-7H,1-2H3. The van der Waals surface area contributed by atoms with E-state index in [4.69, 9.17) is 9.47 Å². The summed E-state index contributed by atoms with van der Waals surface area (Å²) in [6, 6.07) is 6.50. The molecule has 0 bridgehead atoms. The van der Waals surface area contributed by atoms with Gasteiger partial charge in [-0.05, 0) is 18.2 Å². The molecule has 18 heavy (non-hydrogen) atoms. The van der Waals surface area contributed by atoms with E-state index in [9.17, 15) is 9.59 Å². The topological polar surface area (TPSA) is 65.5 Å². The van der Waals surface area contributed by atoms with Gasteiger partial charge in [0.25, 0.3) is 0 Å². The van der Waals surface area contributed by atoms with E-state index < -0.39 is 11.9 Å². The summed E-state index contributed by atoms with van der Waals surface area (Å²) in [5, 5.41) is 0.443. The molecular formula is C13H11NO4. The maximum Gasteiger partial charge on any atom is 0.338 e. The van der Waals surface area contributed by atoms with Crippen LogP contribution in [0, 0.1) is 0 Å². The molecule has 0 fully saturated rings. The molecule has 1 aromatic heterocycles. The van der Waals surface area contributed by atoms with E-state index in [0.29, 0.717) is 22.0 Å². The summed E-state index contributed by atoms with van der Waals surface area (Å²) in [5.41, 5.74) is 1.13. The molecule has 0 N–H and O–H groups in total. The number of esters is 2. The first kappa shape index (κ1) is 12.0. The SMILES string of the molecule is COC(=O)c1cccc2nccc(C(=O)OC)c12. The van der Waals surface area contributed by atoms with Gasteiger partial charge in [-0.3, -0.25) is 4.98 Å². The Kier molecular flexibility index (Phi) is 3.23. The average molecular weight is 245 g/mol. The number of ether oxygens (including phenoxy) is 2. The van der Waals surface area contributed by atoms with Crippen LogP contribution in [0.3, 0.4) is 0 Å². The maximum absolute atomic E-state index is 11.7. The molecule has 2 rings (SSSR count). The minimum Gasteiger partial charge on any atom is -0.465 e. The Labute approximate surface area is 103 Å². The van der Waals surface area contributed by atoms with Gasteiger partial charge in [-0.1, -0.05) is 6.07 Å². The first-order valence-corrected chi connectivity index (χ1v) is 5.23. The molecule has 92 valence electrons. The molecule has 5 nitrogen and oxygen atoms in total. The lowest BCUT2D eigenvalue weighted by Crippen LogP contribution is -2.08. The fourth-order valence-electron chi connectivity index (χ4n) is 1.77. The van der Waals surface area contributed by atoms with Gasteiger partial charge in [0, 0.05) is 11.6 Å². The van der Waals surface area contributed by atoms with Gasteiger partial charge in [0.1, 0.15) is 0 Å². The van der Waals surface area contributed by atoms with E-state index in [-0.39, 0.29) is 0 Å². The van der Waals surface area contributed by atoms with Crippen molar-refractivity contribution in [2.24, 2.45) is 0 Å². The normalized spacial score (nSPS) is 10.1. The Morgan fingerprint density at radius 1 is 1.00 bits per heavy atom. The molecule has 0 amide bonds. The zero-order valence-electron chi connectivity index (χ0n) is 9.97. The van der Waals surface area contributed by atoms with Gasteiger partial charge in [0.15, 0.2) is 0 Å². The number of benzene rings is 1. The molecule has 0 aliphatic carbocycles. The van der Waals surface area contributed by atoms with Crippen LogP contribution in [0.5, 0.6) is 0 Å². The first-order valence-electron chi connectivity index (χ1n) is 5.23. The molecule has 0 spiro atoms. The highest BCUT2D eigenvalue weighted by Gasteiger charge is 2.18. The summed E-state index contributed by atoms with van der Waals surface area (Å²) in [7, 11) is 2.57. The molecule has 1 heterocycles. The highest BCUT2D eigenvalue weighted by molar-refractivity contribution is 6.12. The number of pyridine rings is 1. The quantitative estimate of drug-likeness (QED) is 0.755. The van der Waals surface area contributed by atoms with Crippen molar-refractivity contribution in [2.45, 2.75) is 0 Å². The average Bonchev–Trinajstić information content (AvgIpc) is 2.44. The summed E-state index contributed by atoms with van der Waals surface area (Å²) in [5.74, 6) is -1.03. The lowest BCUT2D eigenvalue weighted by atomic mass is 10.0. The van der Waals surface area contributed by atoms with Crippen LogP contribution in [-0.2, 0) is 9.47 Å². The summed E-state index contributed by atoms with van der Waals surface area (Å²) in [6.45, 7) is 0. The van der Waals surface area contributed by atoms with Crippen molar-refractivity contribution < 1.29 is 19.1 Å². The number of fused-ring (bicyclic) bond motifs is 1. The number of aromatic nitrogens is 1. The number of carbonyl (C=O) groups excluding carboxylic acids is 2. The predicted molar refractivity (Wildman–Crippen MR) is 64.4 cm³/mol. The summed E-state index contributed by atoms with van der Waals surface area (Å²) in [4.78, 5) is 27.5. The van der Waals surface area contributed by atoms with Crippen LogP contribution in [0.15, 0.2) is 30.5 Å². The molecule has 0 unspecified atom stereocenters. The monoisotopic (exact) mass is 245 g/mol. The van der Waals surface area contributed by atoms with Crippen LogP contribution in [-0.4, -0.2) is 31.1 Å². The first-order chi connectivity index (χ1) is 8.69. The Morgan fingerprint density at radius 3 is 2.22 bits per heavy atom. The van der Waals surface area contributed by atoms with E-state index >= 15 is 0 Å². The Morgan fingerprint density at radius 2 is 1.61 bits per heavy atom. The van der Waals surface area contributed by atoms with E-state index in [2.05, 4.69) is 4.98 Å². The Hall–Kier alpha value is -2.43. The minimum atomic E-state index is -0.515. The number of carbonyl (C=O) groups is 2. The second kappa shape index (κ2) is 4.83. The molecule has 0 radical (unpaired) electrons. The van der Waals surface area contributed by atoms with Crippen molar-refractivity contribution in [2.75, 3.05) is 14.2 Å².